The van der Waals surface area contributed by atoms with E-state index in [1.165, 1.54) is 0 Å². The zero-order valence-electron chi connectivity index (χ0n) is 21.5. The van der Waals surface area contributed by atoms with E-state index in [1.807, 2.05) is 59.3 Å². The Balaban J connectivity index is 1.78. The quantitative estimate of drug-likeness (QED) is 0.0600. The summed E-state index contributed by atoms with van der Waals surface area (Å²) in [6.45, 7) is 3.88. The Labute approximate surface area is 222 Å². The van der Waals surface area contributed by atoms with Crippen LogP contribution in [0.3, 0.4) is 0 Å². The summed E-state index contributed by atoms with van der Waals surface area (Å²) in [5, 5.41) is 8.82. The first-order chi connectivity index (χ1) is 18.6. The van der Waals surface area contributed by atoms with Gasteiger partial charge in [0, 0.05) is 11.1 Å². The minimum atomic E-state index is -3.19. The second kappa shape index (κ2) is 12.7. The van der Waals surface area contributed by atoms with E-state index >= 15 is 0 Å². The lowest BCUT2D eigenvalue weighted by atomic mass is 9.77. The average molecular weight is 531 g/mol. The maximum atomic E-state index is 12.7. The molecule has 0 saturated carbocycles. The predicted octanol–water partition coefficient (Wildman–Crippen LogP) is 7.13. The molecule has 0 fully saturated rings. The highest BCUT2D eigenvalue weighted by molar-refractivity contribution is 7.53. The third-order valence-corrected chi connectivity index (χ3v) is 8.31. The lowest BCUT2D eigenvalue weighted by Crippen LogP contribution is -2.38. The molecule has 1 aromatic heterocycles. The Bertz CT molecular complexity index is 1300. The van der Waals surface area contributed by atoms with E-state index in [0.29, 0.717) is 5.82 Å². The average Bonchev–Trinajstić information content (AvgIpc) is 3.45. The molecule has 3 aromatic carbocycles. The fourth-order valence-corrected chi connectivity index (χ4v) is 5.76. The van der Waals surface area contributed by atoms with Gasteiger partial charge in [-0.05, 0) is 35.6 Å². The highest BCUT2D eigenvalue weighted by atomic mass is 31.2. The zero-order chi connectivity index (χ0) is 26.8. The largest absolute Gasteiger partial charge is 0.330 e. The van der Waals surface area contributed by atoms with E-state index in [4.69, 9.17) is 14.1 Å². The molecule has 0 aliphatic carbocycles. The van der Waals surface area contributed by atoms with Gasteiger partial charge in [0.2, 0.25) is 0 Å². The Morgan fingerprint density at radius 3 is 1.89 bits per heavy atom. The number of aromatic nitrogens is 3. The van der Waals surface area contributed by atoms with Gasteiger partial charge in [-0.15, -0.1) is 0 Å². The van der Waals surface area contributed by atoms with Crippen LogP contribution in [0.2, 0.25) is 0 Å². The van der Waals surface area contributed by atoms with E-state index in [0.717, 1.165) is 16.7 Å². The van der Waals surface area contributed by atoms with Gasteiger partial charge in [-0.1, -0.05) is 103 Å². The summed E-state index contributed by atoms with van der Waals surface area (Å²) >= 11 is 0. The Morgan fingerprint density at radius 2 is 1.45 bits per heavy atom. The molecule has 38 heavy (non-hydrogen) atoms. The third-order valence-electron chi connectivity index (χ3n) is 6.31. The normalized spacial score (nSPS) is 13.8. The summed E-state index contributed by atoms with van der Waals surface area (Å²) < 4.78 is 25.4. The maximum Gasteiger partial charge on any atom is 0.330 e. The molecule has 0 spiro atoms. The SMILES string of the molecule is CCOP(=O)(CC)OCCC(N=[N+]=[N-])c1ncn(C(c2ccccc2)(c2ccccc2)c2ccccc2)n1. The predicted molar refractivity (Wildman–Crippen MR) is 147 cm³/mol. The van der Waals surface area contributed by atoms with Gasteiger partial charge in [-0.2, -0.15) is 5.10 Å². The lowest BCUT2D eigenvalue weighted by molar-refractivity contribution is 0.206. The van der Waals surface area contributed by atoms with Gasteiger partial charge < -0.3 is 9.05 Å². The van der Waals surface area contributed by atoms with Crippen LogP contribution in [0.1, 0.15) is 48.8 Å². The molecule has 0 aliphatic heterocycles. The topological polar surface area (TPSA) is 115 Å². The van der Waals surface area contributed by atoms with E-state index in [9.17, 15) is 10.1 Å². The van der Waals surface area contributed by atoms with Crippen LogP contribution in [0.15, 0.2) is 102 Å². The molecular formula is C28H31N6O3P. The van der Waals surface area contributed by atoms with Gasteiger partial charge in [0.25, 0.3) is 0 Å². The van der Waals surface area contributed by atoms with Crippen LogP contribution in [-0.4, -0.2) is 34.1 Å². The summed E-state index contributed by atoms with van der Waals surface area (Å²) in [5.41, 5.74) is 11.4. The number of rotatable bonds is 13. The van der Waals surface area contributed by atoms with E-state index < -0.39 is 19.2 Å². The molecule has 0 saturated heterocycles. The summed E-state index contributed by atoms with van der Waals surface area (Å²) in [5.74, 6) is 0.348. The van der Waals surface area contributed by atoms with E-state index in [2.05, 4.69) is 51.4 Å². The van der Waals surface area contributed by atoms with E-state index in [-0.39, 0.29) is 25.8 Å². The molecule has 4 rings (SSSR count). The van der Waals surface area contributed by atoms with Crippen molar-refractivity contribution in [3.8, 4) is 0 Å². The van der Waals surface area contributed by atoms with Crippen molar-refractivity contribution in [1.29, 1.82) is 0 Å². The van der Waals surface area contributed by atoms with Gasteiger partial charge in [0.15, 0.2) is 5.82 Å². The van der Waals surface area contributed by atoms with Crippen LogP contribution in [0.4, 0.5) is 0 Å². The van der Waals surface area contributed by atoms with Gasteiger partial charge in [-0.25, -0.2) is 9.67 Å². The number of hydrogen-bond donors (Lipinski definition) is 0. The minimum absolute atomic E-state index is 0.0740. The van der Waals surface area contributed by atoms with Crippen molar-refractivity contribution in [1.82, 2.24) is 14.8 Å². The molecule has 0 amide bonds. The van der Waals surface area contributed by atoms with E-state index in [1.54, 1.807) is 20.2 Å². The van der Waals surface area contributed by atoms with Crippen LogP contribution in [-0.2, 0) is 19.2 Å². The van der Waals surface area contributed by atoms with Crippen molar-refractivity contribution in [3.63, 3.8) is 0 Å². The molecule has 9 nitrogen and oxygen atoms in total. The lowest BCUT2D eigenvalue weighted by Gasteiger charge is -2.35. The van der Waals surface area contributed by atoms with Gasteiger partial charge >= 0.3 is 7.60 Å². The molecule has 4 aromatic rings. The van der Waals surface area contributed by atoms with Gasteiger partial charge in [0.05, 0.1) is 13.2 Å². The summed E-state index contributed by atoms with van der Waals surface area (Å²) in [6.07, 6.45) is 2.17. The maximum absolute atomic E-state index is 12.7. The molecule has 2 atom stereocenters. The van der Waals surface area contributed by atoms with Crippen LogP contribution in [0.5, 0.6) is 0 Å². The summed E-state index contributed by atoms with van der Waals surface area (Å²) in [6, 6.07) is 29.6. The second-order valence-electron chi connectivity index (χ2n) is 8.54. The van der Waals surface area contributed by atoms with Crippen LogP contribution >= 0.6 is 7.60 Å². The number of nitrogens with zero attached hydrogens (tertiary/aromatic N) is 6. The number of hydrogen-bond acceptors (Lipinski definition) is 6. The molecular weight excluding hydrogens is 499 g/mol. The van der Waals surface area contributed by atoms with Gasteiger partial charge in [-0.3, -0.25) is 4.57 Å². The number of benzene rings is 3. The fourth-order valence-electron chi connectivity index (χ4n) is 4.55. The van der Waals surface area contributed by atoms with Crippen LogP contribution in [0.25, 0.3) is 10.4 Å². The highest BCUT2D eigenvalue weighted by Crippen LogP contribution is 2.48. The van der Waals surface area contributed by atoms with Crippen molar-refractivity contribution in [3.05, 3.63) is 130 Å². The summed E-state index contributed by atoms with van der Waals surface area (Å²) in [7, 11) is -3.19. The Hall–Kier alpha value is -3.74. The molecule has 196 valence electrons. The first-order valence-electron chi connectivity index (χ1n) is 12.6. The Kier molecular flexibility index (Phi) is 9.10. The molecule has 2 unspecified atom stereocenters. The van der Waals surface area contributed by atoms with Crippen molar-refractivity contribution in [2.45, 2.75) is 31.8 Å². The molecule has 0 N–H and O–H groups in total. The first-order valence-corrected chi connectivity index (χ1v) is 14.3. The smallest absolute Gasteiger partial charge is 0.309 e. The summed E-state index contributed by atoms with van der Waals surface area (Å²) in [4.78, 5) is 7.59. The monoisotopic (exact) mass is 530 g/mol. The molecule has 0 radical (unpaired) electrons. The van der Waals surface area contributed by atoms with Crippen molar-refractivity contribution >= 4 is 7.60 Å². The molecule has 1 heterocycles. The third kappa shape index (κ3) is 5.72. The minimum Gasteiger partial charge on any atom is -0.309 e. The first kappa shape index (κ1) is 27.3. The molecule has 0 bridgehead atoms. The second-order valence-corrected chi connectivity index (χ2v) is 10.9. The van der Waals surface area contributed by atoms with Crippen LogP contribution < -0.4 is 0 Å². The standard InChI is InChI=1S/C28H31N6O3P/c1-3-36-38(35,4-2)37-21-20-26(31-33-29)27-30-22-34(32-27)28(23-14-8-5-9-15-23,24-16-10-6-11-17-24)25-18-12-7-13-19-25/h5-19,22,26H,3-4,20-21H2,1-2H3. The Morgan fingerprint density at radius 1 is 0.921 bits per heavy atom. The highest BCUT2D eigenvalue weighted by Gasteiger charge is 2.40. The molecule has 0 aliphatic rings. The number of azide groups is 1. The zero-order valence-corrected chi connectivity index (χ0v) is 22.4. The van der Waals surface area contributed by atoms with Crippen molar-refractivity contribution in [2.75, 3.05) is 19.4 Å². The van der Waals surface area contributed by atoms with Crippen molar-refractivity contribution < 1.29 is 13.6 Å². The van der Waals surface area contributed by atoms with Gasteiger partial charge in [0.1, 0.15) is 17.9 Å². The molecule has 10 heteroatoms. The van der Waals surface area contributed by atoms with Crippen molar-refractivity contribution in [2.24, 2.45) is 5.11 Å². The fraction of sp³-hybridized carbons (Fsp3) is 0.286. The van der Waals surface area contributed by atoms with Crippen LogP contribution in [0, 0.1) is 0 Å².